The standard InChI is InChI=1S/C44H35N3O/c1-2-10-30(11-3-1)40-45-41(47-42(46-40)43-24-27-20-28(25-43)22-29(21-27)26-43)31-18-19-33-32-12-4-5-13-34(32)44(37(33)23-31)35-14-6-8-16-38(35)48-39-17-9-7-15-36(39)44/h1-19,23,27-29H,20-22,24-26H2. The van der Waals surface area contributed by atoms with Crippen molar-refractivity contribution in [2.75, 3.05) is 0 Å². The van der Waals surface area contributed by atoms with Gasteiger partial charge < -0.3 is 4.74 Å². The maximum absolute atomic E-state index is 6.57. The molecule has 0 amide bonds. The molecule has 1 spiro atoms. The van der Waals surface area contributed by atoms with Crippen molar-refractivity contribution in [2.24, 2.45) is 17.8 Å². The van der Waals surface area contributed by atoms with Gasteiger partial charge in [-0.25, -0.2) is 15.0 Å². The van der Waals surface area contributed by atoms with E-state index in [2.05, 4.69) is 121 Å². The van der Waals surface area contributed by atoms with E-state index in [9.17, 15) is 0 Å². The van der Waals surface area contributed by atoms with Gasteiger partial charge in [-0.3, -0.25) is 0 Å². The van der Waals surface area contributed by atoms with Gasteiger partial charge >= 0.3 is 0 Å². The molecule has 0 saturated heterocycles. The third-order valence-electron chi connectivity index (χ3n) is 12.3. The fourth-order valence-corrected chi connectivity index (χ4v) is 10.8. The second-order valence-electron chi connectivity index (χ2n) is 15.0. The number of ether oxygens (including phenoxy) is 1. The van der Waals surface area contributed by atoms with Crippen molar-refractivity contribution in [3.8, 4) is 45.4 Å². The number of fused-ring (bicyclic) bond motifs is 9. The average molecular weight is 622 g/mol. The lowest BCUT2D eigenvalue weighted by Crippen LogP contribution is -2.49. The van der Waals surface area contributed by atoms with Gasteiger partial charge in [-0.05, 0) is 96.7 Å². The summed E-state index contributed by atoms with van der Waals surface area (Å²) < 4.78 is 6.57. The summed E-state index contributed by atoms with van der Waals surface area (Å²) in [6.45, 7) is 0. The minimum atomic E-state index is -0.522. The molecular weight excluding hydrogens is 587 g/mol. The zero-order valence-corrected chi connectivity index (χ0v) is 26.8. The molecule has 4 nitrogen and oxygen atoms in total. The number of benzene rings is 5. The predicted octanol–water partition coefficient (Wildman–Crippen LogP) is 10.1. The Kier molecular flexibility index (Phi) is 5.46. The largest absolute Gasteiger partial charge is 0.457 e. The lowest BCUT2D eigenvalue weighted by molar-refractivity contribution is -0.00938. The summed E-state index contributed by atoms with van der Waals surface area (Å²) >= 11 is 0. The summed E-state index contributed by atoms with van der Waals surface area (Å²) in [7, 11) is 0. The normalized spacial score (nSPS) is 24.8. The van der Waals surface area contributed by atoms with E-state index >= 15 is 0 Å². The Labute approximate surface area is 280 Å². The highest BCUT2D eigenvalue weighted by Crippen LogP contribution is 2.63. The van der Waals surface area contributed by atoms with Crippen LogP contribution in [0.2, 0.25) is 0 Å². The van der Waals surface area contributed by atoms with Crippen molar-refractivity contribution in [2.45, 2.75) is 49.4 Å². The predicted molar refractivity (Wildman–Crippen MR) is 188 cm³/mol. The van der Waals surface area contributed by atoms with Gasteiger partial charge in [0.1, 0.15) is 17.3 Å². The Morgan fingerprint density at radius 3 is 1.69 bits per heavy atom. The molecule has 6 aromatic rings. The van der Waals surface area contributed by atoms with Crippen molar-refractivity contribution in [1.29, 1.82) is 0 Å². The molecular formula is C44H35N3O. The Morgan fingerprint density at radius 2 is 1.02 bits per heavy atom. The van der Waals surface area contributed by atoms with E-state index < -0.39 is 5.41 Å². The van der Waals surface area contributed by atoms with Gasteiger partial charge in [0.15, 0.2) is 11.6 Å². The number of nitrogens with zero attached hydrogens (tertiary/aromatic N) is 3. The van der Waals surface area contributed by atoms with Gasteiger partial charge in [0, 0.05) is 27.7 Å². The van der Waals surface area contributed by atoms with Gasteiger partial charge in [-0.15, -0.1) is 0 Å². The molecule has 12 rings (SSSR count). The van der Waals surface area contributed by atoms with Crippen LogP contribution in [0.15, 0.2) is 121 Å². The van der Waals surface area contributed by atoms with Crippen molar-refractivity contribution < 1.29 is 4.74 Å². The third kappa shape index (κ3) is 3.63. The molecule has 0 radical (unpaired) electrons. The van der Waals surface area contributed by atoms with Crippen LogP contribution < -0.4 is 4.74 Å². The highest BCUT2D eigenvalue weighted by molar-refractivity contribution is 5.90. The molecule has 2 heterocycles. The Hall–Kier alpha value is -5.09. The van der Waals surface area contributed by atoms with Crippen molar-refractivity contribution in [3.05, 3.63) is 149 Å². The van der Waals surface area contributed by atoms with Gasteiger partial charge in [-0.1, -0.05) is 103 Å². The molecule has 0 atom stereocenters. The fraction of sp³-hybridized carbons (Fsp3) is 0.250. The summed E-state index contributed by atoms with van der Waals surface area (Å²) in [6.07, 6.45) is 7.82. The number of hydrogen-bond donors (Lipinski definition) is 0. The van der Waals surface area contributed by atoms with E-state index in [0.717, 1.165) is 57.9 Å². The SMILES string of the molecule is c1ccc(-c2nc(-c3ccc4c(c3)C3(c5ccccc5Oc5ccccc53)c3ccccc3-4)nc(C34CC5CC(CC(C5)C3)C4)n2)cc1. The van der Waals surface area contributed by atoms with E-state index in [-0.39, 0.29) is 5.41 Å². The van der Waals surface area contributed by atoms with Crippen LogP contribution in [0.1, 0.15) is 66.6 Å². The van der Waals surface area contributed by atoms with Gasteiger partial charge in [0.2, 0.25) is 0 Å². The molecule has 1 aliphatic heterocycles. The highest BCUT2D eigenvalue weighted by atomic mass is 16.5. The first kappa shape index (κ1) is 26.9. The van der Waals surface area contributed by atoms with Crippen LogP contribution in [0.4, 0.5) is 0 Å². The lowest BCUT2D eigenvalue weighted by atomic mass is 9.49. The smallest absolute Gasteiger partial charge is 0.163 e. The maximum Gasteiger partial charge on any atom is 0.163 e. The molecule has 5 aliphatic carbocycles. The first-order valence-corrected chi connectivity index (χ1v) is 17.6. The van der Waals surface area contributed by atoms with Crippen LogP contribution in [0, 0.1) is 17.8 Å². The van der Waals surface area contributed by atoms with Crippen LogP contribution in [0.5, 0.6) is 11.5 Å². The second-order valence-corrected chi connectivity index (χ2v) is 15.0. The van der Waals surface area contributed by atoms with Crippen molar-refractivity contribution >= 4 is 0 Å². The summed E-state index contributed by atoms with van der Waals surface area (Å²) in [5, 5.41) is 0. The summed E-state index contributed by atoms with van der Waals surface area (Å²) in [5.41, 5.74) is 9.01. The van der Waals surface area contributed by atoms with Crippen LogP contribution >= 0.6 is 0 Å². The average Bonchev–Trinajstić information content (AvgIpc) is 3.41. The molecule has 5 aromatic carbocycles. The molecule has 0 N–H and O–H groups in total. The topological polar surface area (TPSA) is 47.9 Å². The fourth-order valence-electron chi connectivity index (χ4n) is 10.8. The Bertz CT molecular complexity index is 2190. The summed E-state index contributed by atoms with van der Waals surface area (Å²) in [6, 6.07) is 43.4. The Morgan fingerprint density at radius 1 is 0.479 bits per heavy atom. The summed E-state index contributed by atoms with van der Waals surface area (Å²) in [5.74, 6) is 6.81. The second kappa shape index (κ2) is 9.73. The minimum absolute atomic E-state index is 0.0583. The zero-order valence-electron chi connectivity index (χ0n) is 26.8. The minimum Gasteiger partial charge on any atom is -0.457 e. The third-order valence-corrected chi connectivity index (χ3v) is 12.3. The van der Waals surface area contributed by atoms with Gasteiger partial charge in [0.05, 0.1) is 5.41 Å². The summed E-state index contributed by atoms with van der Waals surface area (Å²) in [4.78, 5) is 16.0. The van der Waals surface area contributed by atoms with E-state index in [1.165, 1.54) is 71.9 Å². The van der Waals surface area contributed by atoms with E-state index in [4.69, 9.17) is 19.7 Å². The van der Waals surface area contributed by atoms with E-state index in [1.54, 1.807) is 0 Å². The molecule has 1 aromatic heterocycles. The zero-order chi connectivity index (χ0) is 31.5. The van der Waals surface area contributed by atoms with Crippen molar-refractivity contribution in [1.82, 2.24) is 15.0 Å². The molecule has 4 heteroatoms. The Balaban J connectivity index is 1.16. The van der Waals surface area contributed by atoms with Crippen LogP contribution in [-0.4, -0.2) is 15.0 Å². The maximum atomic E-state index is 6.57. The molecule has 0 unspecified atom stereocenters. The molecule has 4 bridgehead atoms. The molecule has 6 aliphatic rings. The lowest BCUT2D eigenvalue weighted by Gasteiger charge is -2.56. The molecule has 4 saturated carbocycles. The van der Waals surface area contributed by atoms with Gasteiger partial charge in [0.25, 0.3) is 0 Å². The number of aromatic nitrogens is 3. The van der Waals surface area contributed by atoms with Crippen molar-refractivity contribution in [3.63, 3.8) is 0 Å². The first-order valence-electron chi connectivity index (χ1n) is 17.6. The van der Waals surface area contributed by atoms with E-state index in [0.29, 0.717) is 0 Å². The first-order chi connectivity index (χ1) is 23.7. The van der Waals surface area contributed by atoms with E-state index in [1.807, 2.05) is 0 Å². The van der Waals surface area contributed by atoms with Gasteiger partial charge in [-0.2, -0.15) is 0 Å². The number of rotatable bonds is 3. The van der Waals surface area contributed by atoms with Crippen LogP contribution in [-0.2, 0) is 10.8 Å². The number of hydrogen-bond acceptors (Lipinski definition) is 4. The highest BCUT2D eigenvalue weighted by Gasteiger charge is 2.54. The van der Waals surface area contributed by atoms with Crippen LogP contribution in [0.3, 0.4) is 0 Å². The van der Waals surface area contributed by atoms with Crippen LogP contribution in [0.25, 0.3) is 33.9 Å². The molecule has 232 valence electrons. The quantitative estimate of drug-likeness (QED) is 0.197. The number of para-hydroxylation sites is 2. The molecule has 48 heavy (non-hydrogen) atoms. The monoisotopic (exact) mass is 621 g/mol. The molecule has 4 fully saturated rings.